The third-order valence-electron chi connectivity index (χ3n) is 10.5. The van der Waals surface area contributed by atoms with Gasteiger partial charge in [-0.25, -0.2) is 0 Å². The molecule has 0 amide bonds. The van der Waals surface area contributed by atoms with E-state index in [4.69, 9.17) is 9.47 Å². The van der Waals surface area contributed by atoms with Crippen LogP contribution in [-0.4, -0.2) is 22.2 Å². The van der Waals surface area contributed by atoms with Gasteiger partial charge in [-0.3, -0.25) is 9.59 Å². The molecule has 0 saturated carbocycles. The molecule has 8 atom stereocenters. The highest BCUT2D eigenvalue weighted by Crippen LogP contribution is 2.54. The number of hydrogen-bond donors (Lipinski definition) is 2. The highest BCUT2D eigenvalue weighted by atomic mass is 16.5. The van der Waals surface area contributed by atoms with Crippen LogP contribution in [0.15, 0.2) is 97.1 Å². The highest BCUT2D eigenvalue weighted by Gasteiger charge is 2.45. The summed E-state index contributed by atoms with van der Waals surface area (Å²) in [5, 5.41) is 20.9. The number of carbonyl (C=O) groups excluding carboxylic acids is 2. The Morgan fingerprint density at radius 2 is 1.04 bits per heavy atom. The summed E-state index contributed by atoms with van der Waals surface area (Å²) < 4.78 is 11.3. The van der Waals surface area contributed by atoms with E-state index in [2.05, 4.69) is 24.3 Å². The Bertz CT molecular complexity index is 1760. The number of rotatable bonds is 4. The van der Waals surface area contributed by atoms with E-state index >= 15 is 0 Å². The van der Waals surface area contributed by atoms with E-state index in [0.29, 0.717) is 0 Å². The van der Waals surface area contributed by atoms with Crippen LogP contribution in [0.2, 0.25) is 0 Å². The number of aliphatic hydroxyl groups excluding tert-OH is 2. The fraction of sp³-hybridized carbons (Fsp3) is 0.350. The summed E-state index contributed by atoms with van der Waals surface area (Å²) in [6, 6.07) is 32.6. The van der Waals surface area contributed by atoms with Crippen LogP contribution in [0, 0.1) is 11.8 Å². The third-order valence-corrected chi connectivity index (χ3v) is 10.5. The normalized spacial score (nSPS) is 28.3. The number of ether oxygens (including phenoxy) is 2. The van der Waals surface area contributed by atoms with Crippen LogP contribution in [0.5, 0.6) is 0 Å². The topological polar surface area (TPSA) is 93.1 Å². The van der Waals surface area contributed by atoms with E-state index in [1.165, 1.54) is 36.1 Å². The van der Waals surface area contributed by atoms with E-state index in [1.54, 1.807) is 0 Å². The van der Waals surface area contributed by atoms with Crippen molar-refractivity contribution in [3.63, 3.8) is 0 Å². The van der Waals surface area contributed by atoms with Crippen LogP contribution < -0.4 is 0 Å². The molecule has 46 heavy (non-hydrogen) atoms. The van der Waals surface area contributed by atoms with Crippen molar-refractivity contribution in [2.24, 2.45) is 11.8 Å². The van der Waals surface area contributed by atoms with Gasteiger partial charge in [-0.1, -0.05) is 97.1 Å². The Morgan fingerprint density at radius 1 is 0.565 bits per heavy atom. The number of esters is 2. The minimum Gasteiger partial charge on any atom is -0.458 e. The molecule has 0 aromatic heterocycles. The minimum absolute atomic E-state index is 0.151. The van der Waals surface area contributed by atoms with E-state index in [9.17, 15) is 19.8 Å². The Kier molecular flexibility index (Phi) is 8.26. The summed E-state index contributed by atoms with van der Waals surface area (Å²) >= 11 is 0. The standard InChI is InChI=1S/C22H22O4.C18H18O2/c1-13(23)25-21-12-19(17-9-5-6-10-18(17)21)20-11-15-7-3-4-8-16(15)22(20)26-14(2)24;19-17-10-15(13-7-3-4-8-14(13)17)16-9-11-5-1-2-6-12(11)18(16)20/h3-10,19-22H,11-12H2,1-2H3;1-8,15-20H,9-10H2. The van der Waals surface area contributed by atoms with E-state index in [-0.39, 0.29) is 53.9 Å². The van der Waals surface area contributed by atoms with Crippen molar-refractivity contribution in [1.82, 2.24) is 0 Å². The second-order valence-electron chi connectivity index (χ2n) is 13.2. The molecular formula is C40H40O6. The molecule has 6 nitrogen and oxygen atoms in total. The lowest BCUT2D eigenvalue weighted by Gasteiger charge is -2.26. The molecule has 2 N–H and O–H groups in total. The largest absolute Gasteiger partial charge is 0.458 e. The maximum absolute atomic E-state index is 11.7. The van der Waals surface area contributed by atoms with Crippen molar-refractivity contribution in [3.8, 4) is 0 Å². The van der Waals surface area contributed by atoms with Crippen LogP contribution in [0.25, 0.3) is 0 Å². The predicted molar refractivity (Wildman–Crippen MR) is 174 cm³/mol. The zero-order valence-electron chi connectivity index (χ0n) is 26.2. The molecule has 4 aliphatic rings. The molecule has 0 radical (unpaired) electrons. The zero-order chi connectivity index (χ0) is 31.9. The second-order valence-corrected chi connectivity index (χ2v) is 13.2. The van der Waals surface area contributed by atoms with Gasteiger partial charge in [0, 0.05) is 25.7 Å². The molecule has 0 fully saturated rings. The summed E-state index contributed by atoms with van der Waals surface area (Å²) in [5.41, 5.74) is 9.19. The van der Waals surface area contributed by atoms with Gasteiger partial charge in [0.25, 0.3) is 0 Å². The van der Waals surface area contributed by atoms with Gasteiger partial charge in [-0.15, -0.1) is 0 Å². The SMILES string of the molecule is CC(=O)OC1CC(C2Cc3ccccc3C2OC(C)=O)c2ccccc21.OC1CC(C2Cc3ccccc3C2O)c2ccccc21. The minimum atomic E-state index is -0.408. The number of benzene rings is 4. The molecule has 0 saturated heterocycles. The first-order valence-electron chi connectivity index (χ1n) is 16.3. The Balaban J connectivity index is 0.000000152. The first-order valence-corrected chi connectivity index (χ1v) is 16.3. The van der Waals surface area contributed by atoms with Gasteiger partial charge in [0.1, 0.15) is 12.2 Å². The lowest BCUT2D eigenvalue weighted by Crippen LogP contribution is -2.20. The van der Waals surface area contributed by atoms with Crippen molar-refractivity contribution in [2.45, 2.75) is 75.8 Å². The zero-order valence-corrected chi connectivity index (χ0v) is 26.2. The number of carbonyl (C=O) groups is 2. The van der Waals surface area contributed by atoms with Gasteiger partial charge < -0.3 is 19.7 Å². The third kappa shape index (κ3) is 5.54. The molecular weight excluding hydrogens is 576 g/mol. The van der Waals surface area contributed by atoms with Gasteiger partial charge in [-0.05, 0) is 82.0 Å². The number of fused-ring (bicyclic) bond motifs is 4. The van der Waals surface area contributed by atoms with Crippen LogP contribution in [0.1, 0.15) is 107 Å². The van der Waals surface area contributed by atoms with E-state index < -0.39 is 6.10 Å². The van der Waals surface area contributed by atoms with E-state index in [0.717, 1.165) is 47.9 Å². The van der Waals surface area contributed by atoms with E-state index in [1.807, 2.05) is 72.8 Å². The smallest absolute Gasteiger partial charge is 0.303 e. The fourth-order valence-corrected chi connectivity index (χ4v) is 8.63. The molecule has 0 heterocycles. The van der Waals surface area contributed by atoms with Gasteiger partial charge >= 0.3 is 11.9 Å². The predicted octanol–water partition coefficient (Wildman–Crippen LogP) is 7.37. The molecule has 6 heteroatoms. The van der Waals surface area contributed by atoms with Crippen molar-refractivity contribution in [2.75, 3.05) is 0 Å². The summed E-state index contributed by atoms with van der Waals surface area (Å²) in [4.78, 5) is 23.3. The van der Waals surface area contributed by atoms with Crippen molar-refractivity contribution in [1.29, 1.82) is 0 Å². The maximum Gasteiger partial charge on any atom is 0.303 e. The summed E-state index contributed by atoms with van der Waals surface area (Å²) in [6.07, 6.45) is 1.96. The second kappa shape index (κ2) is 12.5. The first-order chi connectivity index (χ1) is 22.3. The monoisotopic (exact) mass is 616 g/mol. The van der Waals surface area contributed by atoms with Gasteiger partial charge in [0.15, 0.2) is 0 Å². The maximum atomic E-state index is 11.7. The lowest BCUT2D eigenvalue weighted by atomic mass is 9.83. The van der Waals surface area contributed by atoms with Gasteiger partial charge in [-0.2, -0.15) is 0 Å². The Morgan fingerprint density at radius 3 is 1.67 bits per heavy atom. The molecule has 4 aliphatic carbocycles. The molecule has 0 bridgehead atoms. The number of hydrogen-bond acceptors (Lipinski definition) is 6. The van der Waals surface area contributed by atoms with Gasteiger partial charge in [0.05, 0.1) is 12.2 Å². The van der Waals surface area contributed by atoms with Crippen LogP contribution in [-0.2, 0) is 31.9 Å². The Hall–Kier alpha value is -4.26. The average Bonchev–Trinajstić information content (AvgIpc) is 3.79. The van der Waals surface area contributed by atoms with Crippen molar-refractivity contribution in [3.05, 3.63) is 142 Å². The summed E-state index contributed by atoms with van der Waals surface area (Å²) in [6.45, 7) is 2.91. The molecule has 236 valence electrons. The quantitative estimate of drug-likeness (QED) is 0.233. The molecule has 0 spiro atoms. The molecule has 4 aromatic carbocycles. The van der Waals surface area contributed by atoms with Crippen molar-refractivity contribution >= 4 is 11.9 Å². The van der Waals surface area contributed by atoms with Crippen LogP contribution >= 0.6 is 0 Å². The fourth-order valence-electron chi connectivity index (χ4n) is 8.63. The highest BCUT2D eigenvalue weighted by molar-refractivity contribution is 5.67. The molecule has 8 unspecified atom stereocenters. The van der Waals surface area contributed by atoms with Gasteiger partial charge in [0.2, 0.25) is 0 Å². The lowest BCUT2D eigenvalue weighted by molar-refractivity contribution is -0.149. The first kappa shape index (κ1) is 30.4. The molecule has 4 aromatic rings. The number of aliphatic hydroxyl groups is 2. The molecule has 8 rings (SSSR count). The van der Waals surface area contributed by atoms with Crippen LogP contribution in [0.3, 0.4) is 0 Å². The van der Waals surface area contributed by atoms with Crippen molar-refractivity contribution < 1.29 is 29.3 Å². The van der Waals surface area contributed by atoms with Crippen LogP contribution in [0.4, 0.5) is 0 Å². The average molecular weight is 617 g/mol. The summed E-state index contributed by atoms with van der Waals surface area (Å²) in [5.74, 6) is 0.246. The Labute approximate surface area is 270 Å². The summed E-state index contributed by atoms with van der Waals surface area (Å²) in [7, 11) is 0. The molecule has 0 aliphatic heterocycles.